The van der Waals surface area contributed by atoms with Gasteiger partial charge in [-0.2, -0.15) is 15.1 Å². The third-order valence-electron chi connectivity index (χ3n) is 6.04. The molecule has 0 amide bonds. The number of aliphatic hydroxyl groups excluding tert-OH is 3. The Bertz CT molecular complexity index is 1430. The summed E-state index contributed by atoms with van der Waals surface area (Å²) in [6, 6.07) is 15.2. The van der Waals surface area contributed by atoms with Crippen molar-refractivity contribution < 1.29 is 29.5 Å². The molecule has 13 heteroatoms. The van der Waals surface area contributed by atoms with E-state index in [2.05, 4.69) is 25.5 Å². The lowest BCUT2D eigenvalue weighted by molar-refractivity contribution is -0.0511. The number of rotatable bonds is 9. The molecule has 38 heavy (non-hydrogen) atoms. The molecule has 2 aromatic heterocycles. The first-order valence-corrected chi connectivity index (χ1v) is 11.7. The summed E-state index contributed by atoms with van der Waals surface area (Å²) in [6.07, 6.45) is -1.61. The standard InChI is InChI=1S/C25H27N7O6/c1-36-17-9-15(7-8-16(17)37-12-14-5-3-2-4-6-14)10-28-31-25-29-22(26)19-23(30-25)32(13-27-19)24-21(35)20(34)18(11-33)38-24/h2-10,13,18,20-21,24,33-35H,11-12H2,1H3,(H3,26,29,30,31)/b28-10+/t18-,20?,21?,24-/m1/s1. The lowest BCUT2D eigenvalue weighted by Gasteiger charge is -2.16. The lowest BCUT2D eigenvalue weighted by Crippen LogP contribution is -2.33. The fraction of sp³-hybridized carbons (Fsp3) is 0.280. The number of anilines is 2. The fourth-order valence-electron chi connectivity index (χ4n) is 4.07. The second-order valence-corrected chi connectivity index (χ2v) is 8.54. The number of nitrogens with two attached hydrogens (primary N) is 1. The topological polar surface area (TPSA) is 182 Å². The Balaban J connectivity index is 1.31. The molecule has 1 saturated heterocycles. The van der Waals surface area contributed by atoms with Gasteiger partial charge in [0.15, 0.2) is 29.2 Å². The smallest absolute Gasteiger partial charge is 0.247 e. The molecule has 4 aromatic rings. The first-order valence-electron chi connectivity index (χ1n) is 11.7. The molecule has 1 aliphatic rings. The van der Waals surface area contributed by atoms with Gasteiger partial charge in [0.1, 0.15) is 30.4 Å². The molecule has 0 radical (unpaired) electrons. The third-order valence-corrected chi connectivity index (χ3v) is 6.04. The molecule has 2 unspecified atom stereocenters. The van der Waals surface area contributed by atoms with Gasteiger partial charge in [-0.25, -0.2) is 10.4 Å². The first kappa shape index (κ1) is 25.4. The van der Waals surface area contributed by atoms with Crippen LogP contribution in [0.3, 0.4) is 0 Å². The number of hydrogen-bond acceptors (Lipinski definition) is 12. The summed E-state index contributed by atoms with van der Waals surface area (Å²) in [5, 5.41) is 34.0. The molecule has 2 aromatic carbocycles. The van der Waals surface area contributed by atoms with E-state index in [0.717, 1.165) is 11.1 Å². The van der Waals surface area contributed by atoms with Gasteiger partial charge in [0.25, 0.3) is 0 Å². The quantitative estimate of drug-likeness (QED) is 0.157. The number of nitrogens with zero attached hydrogens (tertiary/aromatic N) is 5. The first-order chi connectivity index (χ1) is 18.5. The summed E-state index contributed by atoms with van der Waals surface area (Å²) in [7, 11) is 1.56. The minimum Gasteiger partial charge on any atom is -0.493 e. The summed E-state index contributed by atoms with van der Waals surface area (Å²) in [4.78, 5) is 12.7. The molecule has 6 N–H and O–H groups in total. The Hall–Kier alpha value is -4.30. The highest BCUT2D eigenvalue weighted by atomic mass is 16.6. The van der Waals surface area contributed by atoms with Crippen molar-refractivity contribution in [3.8, 4) is 11.5 Å². The molecule has 3 heterocycles. The van der Waals surface area contributed by atoms with E-state index in [4.69, 9.17) is 19.9 Å². The van der Waals surface area contributed by atoms with Gasteiger partial charge in [-0.05, 0) is 29.3 Å². The van der Waals surface area contributed by atoms with Crippen molar-refractivity contribution in [1.29, 1.82) is 0 Å². The number of fused-ring (bicyclic) bond motifs is 1. The highest BCUT2D eigenvalue weighted by Gasteiger charge is 2.44. The Morgan fingerprint density at radius 1 is 1.13 bits per heavy atom. The minimum atomic E-state index is -1.30. The van der Waals surface area contributed by atoms with Crippen LogP contribution >= 0.6 is 0 Å². The second-order valence-electron chi connectivity index (χ2n) is 8.54. The van der Waals surface area contributed by atoms with Gasteiger partial charge in [0.05, 0.1) is 26.3 Å². The summed E-state index contributed by atoms with van der Waals surface area (Å²) in [6.45, 7) is -0.0442. The largest absolute Gasteiger partial charge is 0.493 e. The van der Waals surface area contributed by atoms with E-state index in [1.54, 1.807) is 25.5 Å². The zero-order chi connectivity index (χ0) is 26.6. The Labute approximate surface area is 217 Å². The molecule has 13 nitrogen and oxygen atoms in total. The van der Waals surface area contributed by atoms with Crippen LogP contribution in [-0.2, 0) is 11.3 Å². The van der Waals surface area contributed by atoms with E-state index in [9.17, 15) is 15.3 Å². The number of methoxy groups -OCH3 is 1. The normalized spacial score (nSPS) is 21.3. The number of nitrogen functional groups attached to an aromatic ring is 1. The maximum absolute atomic E-state index is 10.4. The third kappa shape index (κ3) is 5.08. The fourth-order valence-corrected chi connectivity index (χ4v) is 4.07. The van der Waals surface area contributed by atoms with Gasteiger partial charge in [-0.15, -0.1) is 0 Å². The van der Waals surface area contributed by atoms with Crippen LogP contribution in [0.25, 0.3) is 11.2 Å². The average molecular weight is 522 g/mol. The van der Waals surface area contributed by atoms with E-state index in [-0.39, 0.29) is 22.9 Å². The number of imidazole rings is 1. The summed E-state index contributed by atoms with van der Waals surface area (Å²) in [5.41, 5.74) is 11.1. The molecule has 0 bridgehead atoms. The average Bonchev–Trinajstić information content (AvgIpc) is 3.49. The Kier molecular flexibility index (Phi) is 7.33. The number of benzene rings is 2. The monoisotopic (exact) mass is 521 g/mol. The zero-order valence-corrected chi connectivity index (χ0v) is 20.4. The molecule has 198 valence electrons. The van der Waals surface area contributed by atoms with Crippen LogP contribution in [0.2, 0.25) is 0 Å². The van der Waals surface area contributed by atoms with Gasteiger partial charge in [0, 0.05) is 0 Å². The molecular formula is C25H27N7O6. The van der Waals surface area contributed by atoms with E-state index in [1.807, 2.05) is 36.4 Å². The van der Waals surface area contributed by atoms with E-state index < -0.39 is 31.1 Å². The number of aliphatic hydroxyl groups is 3. The van der Waals surface area contributed by atoms with Crippen LogP contribution in [-0.4, -0.2) is 73.1 Å². The van der Waals surface area contributed by atoms with Crippen LogP contribution in [0.1, 0.15) is 17.4 Å². The number of hydrogen-bond donors (Lipinski definition) is 5. The number of aromatic nitrogens is 4. The molecule has 1 fully saturated rings. The Morgan fingerprint density at radius 3 is 2.68 bits per heavy atom. The molecular weight excluding hydrogens is 494 g/mol. The lowest BCUT2D eigenvalue weighted by atomic mass is 10.1. The molecule has 0 spiro atoms. The summed E-state index contributed by atoms with van der Waals surface area (Å²) < 4.78 is 18.4. The van der Waals surface area contributed by atoms with E-state index in [0.29, 0.717) is 18.1 Å². The van der Waals surface area contributed by atoms with Crippen LogP contribution in [0, 0.1) is 0 Å². The van der Waals surface area contributed by atoms with Crippen molar-refractivity contribution in [2.24, 2.45) is 5.10 Å². The highest BCUT2D eigenvalue weighted by molar-refractivity contribution is 5.84. The van der Waals surface area contributed by atoms with Gasteiger partial charge >= 0.3 is 0 Å². The SMILES string of the molecule is COc1cc(/C=N/Nc2nc(N)c3ncn([C@@H]4O[C@H](CO)C(O)C4O)c3n2)ccc1OCc1ccccc1. The predicted molar refractivity (Wildman–Crippen MR) is 138 cm³/mol. The molecule has 0 saturated carbocycles. The minimum absolute atomic E-state index is 0.0783. The van der Waals surface area contributed by atoms with Crippen LogP contribution in [0.15, 0.2) is 60.0 Å². The molecule has 4 atom stereocenters. The van der Waals surface area contributed by atoms with Crippen molar-refractivity contribution in [2.45, 2.75) is 31.1 Å². The molecule has 5 rings (SSSR count). The number of hydrazone groups is 1. The Morgan fingerprint density at radius 2 is 1.95 bits per heavy atom. The summed E-state index contributed by atoms with van der Waals surface area (Å²) >= 11 is 0. The predicted octanol–water partition coefficient (Wildman–Crippen LogP) is 1.05. The van der Waals surface area contributed by atoms with Gasteiger partial charge in [0.2, 0.25) is 5.95 Å². The maximum atomic E-state index is 10.4. The van der Waals surface area contributed by atoms with Crippen LogP contribution in [0.5, 0.6) is 11.5 Å². The van der Waals surface area contributed by atoms with E-state index in [1.165, 1.54) is 10.9 Å². The highest BCUT2D eigenvalue weighted by Crippen LogP contribution is 2.32. The second kappa shape index (κ2) is 11.0. The van der Waals surface area contributed by atoms with Crippen LogP contribution in [0.4, 0.5) is 11.8 Å². The van der Waals surface area contributed by atoms with Crippen molar-refractivity contribution in [1.82, 2.24) is 19.5 Å². The van der Waals surface area contributed by atoms with Crippen molar-refractivity contribution in [2.75, 3.05) is 24.9 Å². The zero-order valence-electron chi connectivity index (χ0n) is 20.4. The van der Waals surface area contributed by atoms with Crippen molar-refractivity contribution >= 4 is 29.1 Å². The molecule has 0 aliphatic carbocycles. The van der Waals surface area contributed by atoms with Crippen molar-refractivity contribution in [3.05, 3.63) is 66.0 Å². The van der Waals surface area contributed by atoms with E-state index >= 15 is 0 Å². The van der Waals surface area contributed by atoms with Gasteiger partial charge in [-0.1, -0.05) is 30.3 Å². The van der Waals surface area contributed by atoms with Gasteiger partial charge in [-0.3, -0.25) is 4.57 Å². The van der Waals surface area contributed by atoms with Crippen molar-refractivity contribution in [3.63, 3.8) is 0 Å². The molecule has 1 aliphatic heterocycles. The maximum Gasteiger partial charge on any atom is 0.247 e. The van der Waals surface area contributed by atoms with Crippen LogP contribution < -0.4 is 20.6 Å². The summed E-state index contributed by atoms with van der Waals surface area (Å²) in [5.74, 6) is 1.31. The van der Waals surface area contributed by atoms with Gasteiger partial charge < -0.3 is 35.3 Å². The number of nitrogens with one attached hydrogen (secondary N) is 1. The number of ether oxygens (including phenoxy) is 3.